The molecule has 100 valence electrons. The van der Waals surface area contributed by atoms with Gasteiger partial charge in [0, 0.05) is 11.2 Å². The Morgan fingerprint density at radius 2 is 2.05 bits per heavy atom. The number of carboxylic acids is 1. The second-order valence-electron chi connectivity index (χ2n) is 4.74. The van der Waals surface area contributed by atoms with E-state index in [4.69, 9.17) is 0 Å². The van der Waals surface area contributed by atoms with Crippen molar-refractivity contribution >= 4 is 21.9 Å². The molecule has 0 fully saturated rings. The van der Waals surface area contributed by atoms with Gasteiger partial charge in [-0.2, -0.15) is 0 Å². The molecule has 0 saturated carbocycles. The minimum atomic E-state index is -0.855. The van der Waals surface area contributed by atoms with Gasteiger partial charge in [-0.15, -0.1) is 0 Å². The largest absolute Gasteiger partial charge is 0.481 e. The Hall–Kier alpha value is -1.35. The van der Waals surface area contributed by atoms with Gasteiger partial charge in [0.25, 0.3) is 0 Å². The van der Waals surface area contributed by atoms with E-state index in [1.54, 1.807) is 0 Å². The summed E-state index contributed by atoms with van der Waals surface area (Å²) in [6.07, 6.45) is 9.33. The first-order valence-corrected chi connectivity index (χ1v) is 7.52. The van der Waals surface area contributed by atoms with Crippen molar-refractivity contribution in [2.45, 2.75) is 18.3 Å². The number of halogens is 1. The van der Waals surface area contributed by atoms with Gasteiger partial charge in [-0.1, -0.05) is 70.6 Å². The second kappa shape index (κ2) is 6.20. The number of rotatable bonds is 5. The predicted molar refractivity (Wildman–Crippen MR) is 80.6 cm³/mol. The summed E-state index contributed by atoms with van der Waals surface area (Å²) in [5, 5.41) is 10.6. The predicted octanol–water partition coefficient (Wildman–Crippen LogP) is 3.93. The van der Waals surface area contributed by atoms with Crippen LogP contribution in [0.4, 0.5) is 0 Å². The van der Waals surface area contributed by atoms with Crippen molar-refractivity contribution in [3.05, 3.63) is 60.2 Å². The molecule has 1 aliphatic carbocycles. The Kier molecular flexibility index (Phi) is 4.59. The summed E-state index contributed by atoms with van der Waals surface area (Å²) in [4.78, 5) is 12.0. The fraction of sp³-hybridized carbons (Fsp3) is 0.312. The summed E-state index contributed by atoms with van der Waals surface area (Å²) >= 11 is 3.41. The molecule has 0 heterocycles. The smallest absolute Gasteiger partial charge is 0.314 e. The molecule has 1 aliphatic rings. The van der Waals surface area contributed by atoms with Crippen LogP contribution in [-0.2, 0) is 10.2 Å². The number of allylic oxidation sites excluding steroid dienone is 4. The number of benzene rings is 1. The van der Waals surface area contributed by atoms with Crippen LogP contribution < -0.4 is 0 Å². The molecule has 0 aliphatic heterocycles. The Morgan fingerprint density at radius 3 is 2.58 bits per heavy atom. The first kappa shape index (κ1) is 14.1. The van der Waals surface area contributed by atoms with Gasteiger partial charge in [-0.3, -0.25) is 4.79 Å². The van der Waals surface area contributed by atoms with Crippen molar-refractivity contribution in [3.8, 4) is 0 Å². The minimum absolute atomic E-state index is 0.00468. The van der Waals surface area contributed by atoms with Crippen LogP contribution in [-0.4, -0.2) is 16.4 Å². The first-order valence-electron chi connectivity index (χ1n) is 6.40. The number of hydrogen-bond acceptors (Lipinski definition) is 1. The van der Waals surface area contributed by atoms with Crippen molar-refractivity contribution in [3.63, 3.8) is 0 Å². The van der Waals surface area contributed by atoms with Gasteiger partial charge in [0.1, 0.15) is 5.41 Å². The van der Waals surface area contributed by atoms with Crippen LogP contribution in [0.3, 0.4) is 0 Å². The van der Waals surface area contributed by atoms with Crippen molar-refractivity contribution in [2.75, 3.05) is 5.33 Å². The molecule has 3 heteroatoms. The van der Waals surface area contributed by atoms with Gasteiger partial charge in [-0.05, 0) is 18.4 Å². The summed E-state index contributed by atoms with van der Waals surface area (Å²) in [6.45, 7) is 0. The standard InChI is InChI=1S/C16H17BrO2/c17-12-11-16(15(18)19,13-7-3-1-4-8-13)14-9-5-2-6-10-14/h1-9,14H,10-12H2,(H,18,19). The Morgan fingerprint density at radius 1 is 1.32 bits per heavy atom. The summed E-state index contributed by atoms with van der Waals surface area (Å²) < 4.78 is 0. The second-order valence-corrected chi connectivity index (χ2v) is 5.53. The van der Waals surface area contributed by atoms with E-state index >= 15 is 0 Å². The number of carbonyl (C=O) groups is 1. The van der Waals surface area contributed by atoms with Crippen LogP contribution in [0.1, 0.15) is 18.4 Å². The van der Waals surface area contributed by atoms with Crippen molar-refractivity contribution in [1.29, 1.82) is 0 Å². The number of carboxylic acid groups (broad SMARTS) is 1. The van der Waals surface area contributed by atoms with E-state index in [9.17, 15) is 9.90 Å². The van der Waals surface area contributed by atoms with E-state index in [-0.39, 0.29) is 5.92 Å². The molecule has 0 radical (unpaired) electrons. The zero-order chi connectivity index (χ0) is 13.7. The SMILES string of the molecule is O=C(O)C(CCBr)(c1ccccc1)C1C=CC=CC1. The Labute approximate surface area is 122 Å². The fourth-order valence-corrected chi connectivity index (χ4v) is 3.39. The van der Waals surface area contributed by atoms with E-state index in [2.05, 4.69) is 15.9 Å². The zero-order valence-electron chi connectivity index (χ0n) is 10.6. The van der Waals surface area contributed by atoms with E-state index in [1.165, 1.54) is 0 Å². The molecule has 1 N–H and O–H groups in total. The van der Waals surface area contributed by atoms with Crippen LogP contribution in [0.25, 0.3) is 0 Å². The van der Waals surface area contributed by atoms with Gasteiger partial charge in [0.05, 0.1) is 0 Å². The molecule has 2 nitrogen and oxygen atoms in total. The van der Waals surface area contributed by atoms with E-state index in [1.807, 2.05) is 54.6 Å². The van der Waals surface area contributed by atoms with Crippen LogP contribution >= 0.6 is 15.9 Å². The molecule has 0 saturated heterocycles. The van der Waals surface area contributed by atoms with E-state index in [0.29, 0.717) is 11.8 Å². The normalized spacial score (nSPS) is 21.0. The molecule has 19 heavy (non-hydrogen) atoms. The highest BCUT2D eigenvalue weighted by molar-refractivity contribution is 9.09. The summed E-state index contributed by atoms with van der Waals surface area (Å²) in [7, 11) is 0. The third-order valence-electron chi connectivity index (χ3n) is 3.77. The van der Waals surface area contributed by atoms with Crippen molar-refractivity contribution < 1.29 is 9.90 Å². The Balaban J connectivity index is 2.50. The lowest BCUT2D eigenvalue weighted by Gasteiger charge is -2.36. The molecule has 1 aromatic carbocycles. The molecule has 2 atom stereocenters. The average molecular weight is 321 g/mol. The third-order valence-corrected chi connectivity index (χ3v) is 4.17. The molecule has 0 spiro atoms. The van der Waals surface area contributed by atoms with Gasteiger partial charge in [-0.25, -0.2) is 0 Å². The van der Waals surface area contributed by atoms with Crippen LogP contribution in [0, 0.1) is 5.92 Å². The van der Waals surface area contributed by atoms with Gasteiger partial charge >= 0.3 is 5.97 Å². The highest BCUT2D eigenvalue weighted by Gasteiger charge is 2.45. The lowest BCUT2D eigenvalue weighted by molar-refractivity contribution is -0.145. The molecule has 0 bridgehead atoms. The van der Waals surface area contributed by atoms with E-state index in [0.717, 1.165) is 12.0 Å². The van der Waals surface area contributed by atoms with E-state index < -0.39 is 11.4 Å². The fourth-order valence-electron chi connectivity index (χ4n) is 2.76. The maximum Gasteiger partial charge on any atom is 0.314 e. The monoisotopic (exact) mass is 320 g/mol. The quantitative estimate of drug-likeness (QED) is 0.835. The van der Waals surface area contributed by atoms with Crippen molar-refractivity contribution in [2.24, 2.45) is 5.92 Å². The lowest BCUT2D eigenvalue weighted by Crippen LogP contribution is -2.43. The summed E-state index contributed by atoms with van der Waals surface area (Å²) in [5.74, 6) is -0.752. The zero-order valence-corrected chi connectivity index (χ0v) is 12.2. The highest BCUT2D eigenvalue weighted by Crippen LogP contribution is 2.40. The maximum atomic E-state index is 12.0. The molecule has 0 aromatic heterocycles. The van der Waals surface area contributed by atoms with Crippen LogP contribution in [0.5, 0.6) is 0 Å². The minimum Gasteiger partial charge on any atom is -0.481 e. The first-order chi connectivity index (χ1) is 9.21. The number of alkyl halides is 1. The van der Waals surface area contributed by atoms with Gasteiger partial charge in [0.15, 0.2) is 0 Å². The summed E-state index contributed by atoms with van der Waals surface area (Å²) in [6, 6.07) is 9.57. The molecular formula is C16H17BrO2. The topological polar surface area (TPSA) is 37.3 Å². The molecule has 2 unspecified atom stereocenters. The molecule has 2 rings (SSSR count). The molecule has 0 amide bonds. The van der Waals surface area contributed by atoms with Crippen LogP contribution in [0.15, 0.2) is 54.6 Å². The summed E-state index contributed by atoms with van der Waals surface area (Å²) in [5.41, 5.74) is 0.0263. The third kappa shape index (κ3) is 2.66. The molecular weight excluding hydrogens is 304 g/mol. The Bertz CT molecular complexity index is 493. The maximum absolute atomic E-state index is 12.0. The van der Waals surface area contributed by atoms with Crippen molar-refractivity contribution in [1.82, 2.24) is 0 Å². The van der Waals surface area contributed by atoms with Gasteiger partial charge in [0.2, 0.25) is 0 Å². The molecule has 1 aromatic rings. The number of hydrogen-bond donors (Lipinski definition) is 1. The van der Waals surface area contributed by atoms with Gasteiger partial charge < -0.3 is 5.11 Å². The number of aliphatic carboxylic acids is 1. The highest BCUT2D eigenvalue weighted by atomic mass is 79.9. The lowest BCUT2D eigenvalue weighted by atomic mass is 9.66. The van der Waals surface area contributed by atoms with Crippen LogP contribution in [0.2, 0.25) is 0 Å². The average Bonchev–Trinajstić information content (AvgIpc) is 2.46.